The van der Waals surface area contributed by atoms with Crippen molar-refractivity contribution in [2.45, 2.75) is 64.3 Å². The van der Waals surface area contributed by atoms with Crippen LogP contribution in [0.3, 0.4) is 0 Å². The van der Waals surface area contributed by atoms with Crippen LogP contribution in [0.4, 0.5) is 39.9 Å². The Morgan fingerprint density at radius 3 is 1.50 bits per heavy atom. The van der Waals surface area contributed by atoms with Crippen molar-refractivity contribution >= 4 is 61.7 Å². The van der Waals surface area contributed by atoms with Crippen molar-refractivity contribution in [3.05, 3.63) is 253 Å². The first-order valence-corrected chi connectivity index (χ1v) is 25.2. The molecule has 72 heavy (non-hydrogen) atoms. The van der Waals surface area contributed by atoms with E-state index in [1.54, 1.807) is 0 Å². The zero-order valence-corrected chi connectivity index (χ0v) is 41.8. The minimum atomic E-state index is -0.0590. The molecule has 0 N–H and O–H groups in total. The van der Waals surface area contributed by atoms with E-state index < -0.39 is 0 Å². The smallest absolute Gasteiger partial charge is 0.163 e. The monoisotopic (exact) mass is 934 g/mol. The van der Waals surface area contributed by atoms with Crippen molar-refractivity contribution in [3.63, 3.8) is 0 Å². The molecule has 352 valence electrons. The Balaban J connectivity index is 1.07. The first-order valence-electron chi connectivity index (χ1n) is 25.2. The Morgan fingerprint density at radius 1 is 0.444 bits per heavy atom. The molecule has 0 radical (unpaired) electrons. The van der Waals surface area contributed by atoms with Crippen LogP contribution < -0.4 is 14.7 Å². The molecule has 2 aromatic heterocycles. The van der Waals surface area contributed by atoms with Crippen LogP contribution in [0, 0.1) is 0 Å². The predicted octanol–water partition coefficient (Wildman–Crippen LogP) is 17.2. The molecular formula is C66H58N6. The molecule has 3 heterocycles. The summed E-state index contributed by atoms with van der Waals surface area (Å²) in [6, 6.07) is 76.2. The van der Waals surface area contributed by atoms with Gasteiger partial charge < -0.3 is 14.7 Å². The van der Waals surface area contributed by atoms with Gasteiger partial charge in [-0.05, 0) is 119 Å². The van der Waals surface area contributed by atoms with Crippen LogP contribution in [-0.4, -0.2) is 20.6 Å². The molecule has 2 aliphatic rings. The van der Waals surface area contributed by atoms with Crippen LogP contribution in [0.1, 0.15) is 64.2 Å². The lowest BCUT2D eigenvalue weighted by molar-refractivity contribution is 0.589. The van der Waals surface area contributed by atoms with E-state index in [1.807, 2.05) is 0 Å². The summed E-state index contributed by atoms with van der Waals surface area (Å²) in [7, 11) is 0. The maximum absolute atomic E-state index is 5.55. The van der Waals surface area contributed by atoms with Crippen molar-refractivity contribution < 1.29 is 0 Å². The molecule has 10 aromatic rings. The van der Waals surface area contributed by atoms with E-state index in [2.05, 4.69) is 291 Å². The second-order valence-electron chi connectivity index (χ2n) is 21.2. The molecule has 0 spiro atoms. The van der Waals surface area contributed by atoms with Crippen LogP contribution in [0.2, 0.25) is 0 Å². The SMILES string of the molecule is CC(C)(C)c1ccc2c(c1)C1C=C(N(c3ccccc3)c3ccccc3)C=CC1N2c1cc(-n2c3ccc(N(c4ccccc4)c4ccccc4)cc3c3cc(C(C)(C)C)ccc32)nc(-c2ccccc2)n1. The number of allylic oxidation sites excluding steroid dienone is 1. The fraction of sp³-hybridized carbons (Fsp3) is 0.152. The van der Waals surface area contributed by atoms with Crippen LogP contribution in [0.25, 0.3) is 39.0 Å². The van der Waals surface area contributed by atoms with Gasteiger partial charge in [0.05, 0.1) is 17.1 Å². The van der Waals surface area contributed by atoms with E-state index in [4.69, 9.17) is 9.97 Å². The van der Waals surface area contributed by atoms with Gasteiger partial charge in [0.15, 0.2) is 5.82 Å². The number of anilines is 7. The average Bonchev–Trinajstić information content (AvgIpc) is 3.91. The van der Waals surface area contributed by atoms with E-state index in [0.717, 1.165) is 73.4 Å². The Labute approximate surface area is 423 Å². The molecular weight excluding hydrogens is 877 g/mol. The molecule has 0 saturated carbocycles. The van der Waals surface area contributed by atoms with E-state index in [1.165, 1.54) is 22.1 Å². The van der Waals surface area contributed by atoms with Gasteiger partial charge in [-0.1, -0.05) is 175 Å². The number of fused-ring (bicyclic) bond motifs is 6. The molecule has 0 fully saturated rings. The Hall–Kier alpha value is -8.48. The van der Waals surface area contributed by atoms with Crippen molar-refractivity contribution in [1.82, 2.24) is 14.5 Å². The van der Waals surface area contributed by atoms with Gasteiger partial charge in [0, 0.05) is 68.1 Å². The molecule has 0 saturated heterocycles. The van der Waals surface area contributed by atoms with Gasteiger partial charge in [-0.3, -0.25) is 4.57 Å². The largest absolute Gasteiger partial charge is 0.318 e. The second kappa shape index (κ2) is 17.7. The van der Waals surface area contributed by atoms with Gasteiger partial charge in [0.2, 0.25) is 0 Å². The van der Waals surface area contributed by atoms with Gasteiger partial charge in [-0.25, -0.2) is 9.97 Å². The van der Waals surface area contributed by atoms with E-state index in [9.17, 15) is 0 Å². The topological polar surface area (TPSA) is 40.4 Å². The minimum Gasteiger partial charge on any atom is -0.318 e. The van der Waals surface area contributed by atoms with Crippen molar-refractivity contribution in [2.24, 2.45) is 0 Å². The predicted molar refractivity (Wildman–Crippen MR) is 301 cm³/mol. The normalized spacial score (nSPS) is 15.4. The van der Waals surface area contributed by atoms with Crippen LogP contribution in [-0.2, 0) is 10.8 Å². The summed E-state index contributed by atoms with van der Waals surface area (Å²) < 4.78 is 2.36. The van der Waals surface area contributed by atoms with E-state index >= 15 is 0 Å². The fourth-order valence-electron chi connectivity index (χ4n) is 10.7. The summed E-state index contributed by atoms with van der Waals surface area (Å²) in [5, 5.41) is 2.33. The molecule has 12 rings (SSSR count). The minimum absolute atomic E-state index is 0.0375. The number of benzene rings is 8. The Morgan fingerprint density at radius 2 is 0.931 bits per heavy atom. The molecule has 1 aliphatic carbocycles. The molecule has 2 unspecified atom stereocenters. The fourth-order valence-corrected chi connectivity index (χ4v) is 10.7. The van der Waals surface area contributed by atoms with Gasteiger partial charge in [0.1, 0.15) is 11.6 Å². The third-order valence-corrected chi connectivity index (χ3v) is 14.4. The van der Waals surface area contributed by atoms with Crippen molar-refractivity contribution in [3.8, 4) is 17.2 Å². The molecule has 1 aliphatic heterocycles. The summed E-state index contributed by atoms with van der Waals surface area (Å²) in [6.45, 7) is 13.8. The Kier molecular flexibility index (Phi) is 11.0. The second-order valence-corrected chi connectivity index (χ2v) is 21.2. The number of para-hydroxylation sites is 4. The van der Waals surface area contributed by atoms with E-state index in [0.29, 0.717) is 5.82 Å². The van der Waals surface area contributed by atoms with E-state index in [-0.39, 0.29) is 22.8 Å². The highest BCUT2D eigenvalue weighted by Crippen LogP contribution is 2.51. The highest BCUT2D eigenvalue weighted by Gasteiger charge is 2.41. The first-order chi connectivity index (χ1) is 35.0. The van der Waals surface area contributed by atoms with Gasteiger partial charge in [0.25, 0.3) is 0 Å². The highest BCUT2D eigenvalue weighted by atomic mass is 15.3. The number of aromatic nitrogens is 3. The average molecular weight is 935 g/mol. The summed E-state index contributed by atoms with van der Waals surface area (Å²) in [6.07, 6.45) is 7.17. The summed E-state index contributed by atoms with van der Waals surface area (Å²) in [4.78, 5) is 18.3. The lowest BCUT2D eigenvalue weighted by Gasteiger charge is -2.33. The van der Waals surface area contributed by atoms with Gasteiger partial charge >= 0.3 is 0 Å². The third kappa shape index (κ3) is 8.03. The zero-order valence-electron chi connectivity index (χ0n) is 41.8. The third-order valence-electron chi connectivity index (χ3n) is 14.4. The molecule has 0 bridgehead atoms. The lowest BCUT2D eigenvalue weighted by Crippen LogP contribution is -2.31. The first kappa shape index (κ1) is 44.7. The highest BCUT2D eigenvalue weighted by molar-refractivity contribution is 6.11. The van der Waals surface area contributed by atoms with Crippen molar-refractivity contribution in [2.75, 3.05) is 14.7 Å². The standard InChI is InChI=1S/C66H58N6/c1-65(2,3)46-32-36-58-54(40-46)56-42-52(69(48-24-14-8-15-25-48)49-26-16-9-17-27-49)34-38-60(56)71(58)62-44-63(68-64(67-62)45-22-12-7-13-23-45)72-59-37-33-47(66(4,5)6)41-55(59)57-43-53(35-39-61(57)72)70(50-28-18-10-19-29-50)51-30-20-11-21-31-51/h7-44,56,60H,1-6H3. The zero-order chi connectivity index (χ0) is 49.1. The molecule has 6 heteroatoms. The van der Waals surface area contributed by atoms with Crippen LogP contribution in [0.5, 0.6) is 0 Å². The summed E-state index contributed by atoms with van der Waals surface area (Å²) >= 11 is 0. The van der Waals surface area contributed by atoms with Crippen LogP contribution >= 0.6 is 0 Å². The number of hydrogen-bond donors (Lipinski definition) is 0. The molecule has 8 aromatic carbocycles. The number of hydrogen-bond acceptors (Lipinski definition) is 5. The van der Waals surface area contributed by atoms with Gasteiger partial charge in [-0.2, -0.15) is 0 Å². The molecule has 6 nitrogen and oxygen atoms in total. The summed E-state index contributed by atoms with van der Waals surface area (Å²) in [5.74, 6) is 2.37. The van der Waals surface area contributed by atoms with Crippen molar-refractivity contribution in [1.29, 1.82) is 0 Å². The quantitative estimate of drug-likeness (QED) is 0.144. The molecule has 2 atom stereocenters. The van der Waals surface area contributed by atoms with Gasteiger partial charge in [-0.15, -0.1) is 0 Å². The Bertz CT molecular complexity index is 3580. The van der Waals surface area contributed by atoms with Crippen LogP contribution in [0.15, 0.2) is 236 Å². The maximum Gasteiger partial charge on any atom is 0.163 e. The summed E-state index contributed by atoms with van der Waals surface area (Å²) in [5.41, 5.74) is 14.7. The maximum atomic E-state index is 5.55. The number of rotatable bonds is 9. The lowest BCUT2D eigenvalue weighted by atomic mass is 9.83. The number of nitrogens with zero attached hydrogens (tertiary/aromatic N) is 6. The molecule has 0 amide bonds.